The Morgan fingerprint density at radius 2 is 1.95 bits per heavy atom. The van der Waals surface area contributed by atoms with E-state index >= 15 is 0 Å². The predicted octanol–water partition coefficient (Wildman–Crippen LogP) is 0.704. The number of nitrogens with one attached hydrogen (secondary N) is 2. The summed E-state index contributed by atoms with van der Waals surface area (Å²) in [5.41, 5.74) is 0. The van der Waals surface area contributed by atoms with Gasteiger partial charge in [-0.15, -0.1) is 0 Å². The third kappa shape index (κ3) is 5.88. The van der Waals surface area contributed by atoms with Crippen molar-refractivity contribution in [3.63, 3.8) is 0 Å². The van der Waals surface area contributed by atoms with E-state index in [2.05, 4.69) is 10.6 Å². The lowest BCUT2D eigenvalue weighted by molar-refractivity contribution is -0.122. The summed E-state index contributed by atoms with van der Waals surface area (Å²) in [6, 6.07) is -0.450. The maximum absolute atomic E-state index is 11.8. The van der Waals surface area contributed by atoms with Gasteiger partial charge in [-0.1, -0.05) is 26.7 Å². The van der Waals surface area contributed by atoms with E-state index in [1.54, 1.807) is 0 Å². The van der Waals surface area contributed by atoms with Crippen LogP contribution in [-0.4, -0.2) is 54.2 Å². The van der Waals surface area contributed by atoms with E-state index in [4.69, 9.17) is 0 Å². The molecule has 6 heteroatoms. The highest BCUT2D eigenvalue weighted by molar-refractivity contribution is 5.95. The maximum atomic E-state index is 11.8. The van der Waals surface area contributed by atoms with Crippen LogP contribution >= 0.6 is 0 Å². The Balaban J connectivity index is 2.32. The number of imide groups is 1. The smallest absolute Gasteiger partial charge is 0.321 e. The Bertz CT molecular complexity index is 334. The highest BCUT2D eigenvalue weighted by Crippen LogP contribution is 2.21. The number of amides is 3. The number of aliphatic hydroxyl groups excluding tert-OH is 1. The van der Waals surface area contributed by atoms with Crippen LogP contribution in [0.1, 0.15) is 39.5 Å². The lowest BCUT2D eigenvalue weighted by atomic mass is 9.91. The standard InChI is InChI=1S/C14H27N3O3/c1-10(2)8-15-14(20)16-13(19)9-17(3)11-6-4-5-7-12(11)18/h10-12,18H,4-9H2,1-3H3,(H2,15,16,19,20). The molecule has 3 N–H and O–H groups in total. The van der Waals surface area contributed by atoms with Crippen molar-refractivity contribution in [2.45, 2.75) is 51.7 Å². The van der Waals surface area contributed by atoms with Crippen molar-refractivity contribution in [3.8, 4) is 0 Å². The second-order valence-corrected chi connectivity index (χ2v) is 5.99. The highest BCUT2D eigenvalue weighted by atomic mass is 16.3. The Kier molecular flexibility index (Phi) is 6.95. The molecule has 0 saturated heterocycles. The molecule has 0 aromatic heterocycles. The third-order valence-corrected chi connectivity index (χ3v) is 3.58. The van der Waals surface area contributed by atoms with Crippen LogP contribution in [-0.2, 0) is 4.79 Å². The van der Waals surface area contributed by atoms with E-state index in [9.17, 15) is 14.7 Å². The first kappa shape index (κ1) is 16.9. The molecule has 1 rings (SSSR count). The number of rotatable bonds is 5. The Morgan fingerprint density at radius 3 is 2.55 bits per heavy atom. The van der Waals surface area contributed by atoms with Crippen LogP contribution in [0.3, 0.4) is 0 Å². The summed E-state index contributed by atoms with van der Waals surface area (Å²) in [7, 11) is 1.81. The zero-order chi connectivity index (χ0) is 15.1. The molecule has 0 aromatic carbocycles. The molecule has 0 aliphatic heterocycles. The zero-order valence-electron chi connectivity index (χ0n) is 12.7. The van der Waals surface area contributed by atoms with Crippen LogP contribution in [0.2, 0.25) is 0 Å². The first-order valence-electron chi connectivity index (χ1n) is 7.36. The van der Waals surface area contributed by atoms with Crippen molar-refractivity contribution in [2.75, 3.05) is 20.1 Å². The number of urea groups is 1. The SMILES string of the molecule is CC(C)CNC(=O)NC(=O)CN(C)C1CCCCC1O. The number of carbonyl (C=O) groups excluding carboxylic acids is 2. The molecule has 1 aliphatic carbocycles. The molecule has 0 radical (unpaired) electrons. The summed E-state index contributed by atoms with van der Waals surface area (Å²) in [4.78, 5) is 25.1. The minimum absolute atomic E-state index is 0.00762. The summed E-state index contributed by atoms with van der Waals surface area (Å²) >= 11 is 0. The number of carbonyl (C=O) groups is 2. The largest absolute Gasteiger partial charge is 0.391 e. The highest BCUT2D eigenvalue weighted by Gasteiger charge is 2.27. The summed E-state index contributed by atoms with van der Waals surface area (Å²) in [6.45, 7) is 4.63. The predicted molar refractivity (Wildman–Crippen MR) is 77.3 cm³/mol. The molecule has 2 unspecified atom stereocenters. The maximum Gasteiger partial charge on any atom is 0.321 e. The molecule has 0 heterocycles. The van der Waals surface area contributed by atoms with Gasteiger partial charge in [-0.25, -0.2) is 4.79 Å². The fraction of sp³-hybridized carbons (Fsp3) is 0.857. The molecule has 116 valence electrons. The number of nitrogens with zero attached hydrogens (tertiary/aromatic N) is 1. The number of aliphatic hydroxyl groups is 1. The van der Waals surface area contributed by atoms with Gasteiger partial charge in [0.15, 0.2) is 0 Å². The van der Waals surface area contributed by atoms with Crippen LogP contribution in [0.25, 0.3) is 0 Å². The van der Waals surface area contributed by atoms with Gasteiger partial charge in [0.25, 0.3) is 0 Å². The molecular weight excluding hydrogens is 258 g/mol. The number of hydrogen-bond acceptors (Lipinski definition) is 4. The summed E-state index contributed by atoms with van der Waals surface area (Å²) in [6.07, 6.45) is 3.41. The molecular formula is C14H27N3O3. The van der Waals surface area contributed by atoms with E-state index in [0.29, 0.717) is 12.5 Å². The average Bonchev–Trinajstić information content (AvgIpc) is 2.36. The van der Waals surface area contributed by atoms with E-state index in [-0.39, 0.29) is 24.6 Å². The number of hydrogen-bond donors (Lipinski definition) is 3. The van der Waals surface area contributed by atoms with Crippen molar-refractivity contribution < 1.29 is 14.7 Å². The Hall–Kier alpha value is -1.14. The molecule has 0 bridgehead atoms. The van der Waals surface area contributed by atoms with E-state index in [1.807, 2.05) is 25.8 Å². The van der Waals surface area contributed by atoms with Crippen molar-refractivity contribution in [2.24, 2.45) is 5.92 Å². The second kappa shape index (κ2) is 8.21. The molecule has 20 heavy (non-hydrogen) atoms. The molecule has 6 nitrogen and oxygen atoms in total. The minimum Gasteiger partial charge on any atom is -0.391 e. The van der Waals surface area contributed by atoms with E-state index in [1.165, 1.54) is 0 Å². The van der Waals surface area contributed by atoms with Gasteiger partial charge in [0, 0.05) is 12.6 Å². The lowest BCUT2D eigenvalue weighted by Crippen LogP contribution is -2.49. The van der Waals surface area contributed by atoms with Crippen molar-refractivity contribution >= 4 is 11.9 Å². The third-order valence-electron chi connectivity index (χ3n) is 3.58. The second-order valence-electron chi connectivity index (χ2n) is 5.99. The van der Waals surface area contributed by atoms with Gasteiger partial charge in [0.1, 0.15) is 0 Å². The summed E-state index contributed by atoms with van der Waals surface area (Å²) in [5, 5.41) is 14.9. The summed E-state index contributed by atoms with van der Waals surface area (Å²) < 4.78 is 0. The molecule has 2 atom stereocenters. The monoisotopic (exact) mass is 285 g/mol. The van der Waals surface area contributed by atoms with Crippen molar-refractivity contribution in [1.82, 2.24) is 15.5 Å². The molecule has 0 aromatic rings. The average molecular weight is 285 g/mol. The first-order valence-corrected chi connectivity index (χ1v) is 7.36. The van der Waals surface area contributed by atoms with Gasteiger partial charge >= 0.3 is 6.03 Å². The van der Waals surface area contributed by atoms with Crippen LogP contribution in [0, 0.1) is 5.92 Å². The zero-order valence-corrected chi connectivity index (χ0v) is 12.7. The Labute approximate surface area is 120 Å². The van der Waals surface area contributed by atoms with Gasteiger partial charge in [0.2, 0.25) is 5.91 Å². The number of likely N-dealkylation sites (N-methyl/N-ethyl adjacent to an activating group) is 1. The van der Waals surface area contributed by atoms with Gasteiger partial charge in [-0.3, -0.25) is 15.0 Å². The van der Waals surface area contributed by atoms with Gasteiger partial charge in [0.05, 0.1) is 12.6 Å². The quantitative estimate of drug-likeness (QED) is 0.694. The van der Waals surface area contributed by atoms with Crippen LogP contribution in [0.15, 0.2) is 0 Å². The van der Waals surface area contributed by atoms with Crippen molar-refractivity contribution in [1.29, 1.82) is 0 Å². The fourth-order valence-electron chi connectivity index (χ4n) is 2.46. The Morgan fingerprint density at radius 1 is 1.30 bits per heavy atom. The first-order chi connectivity index (χ1) is 9.40. The van der Waals surface area contributed by atoms with Crippen LogP contribution in [0.4, 0.5) is 4.79 Å². The molecule has 1 aliphatic rings. The molecule has 1 saturated carbocycles. The van der Waals surface area contributed by atoms with Crippen LogP contribution < -0.4 is 10.6 Å². The van der Waals surface area contributed by atoms with Gasteiger partial charge < -0.3 is 10.4 Å². The lowest BCUT2D eigenvalue weighted by Gasteiger charge is -2.34. The normalized spacial score (nSPS) is 22.9. The van der Waals surface area contributed by atoms with E-state index in [0.717, 1.165) is 25.7 Å². The van der Waals surface area contributed by atoms with E-state index < -0.39 is 6.03 Å². The van der Waals surface area contributed by atoms with Crippen molar-refractivity contribution in [3.05, 3.63) is 0 Å². The summed E-state index contributed by atoms with van der Waals surface area (Å²) in [5.74, 6) is 0.00226. The van der Waals surface area contributed by atoms with Gasteiger partial charge in [-0.2, -0.15) is 0 Å². The molecule has 0 spiro atoms. The molecule has 3 amide bonds. The van der Waals surface area contributed by atoms with Crippen LogP contribution in [0.5, 0.6) is 0 Å². The fourth-order valence-corrected chi connectivity index (χ4v) is 2.46. The molecule has 1 fully saturated rings. The topological polar surface area (TPSA) is 81.7 Å². The minimum atomic E-state index is -0.457. The van der Waals surface area contributed by atoms with Gasteiger partial charge in [-0.05, 0) is 25.8 Å².